The number of nitrogens with zero attached hydrogens (tertiary/aromatic N) is 3. The van der Waals surface area contributed by atoms with Gasteiger partial charge in [0, 0.05) is 37.1 Å². The first-order chi connectivity index (χ1) is 9.27. The second-order valence-electron chi connectivity index (χ2n) is 4.81. The molecule has 4 nitrogen and oxygen atoms in total. The van der Waals surface area contributed by atoms with Gasteiger partial charge in [-0.05, 0) is 12.8 Å². The van der Waals surface area contributed by atoms with Crippen molar-refractivity contribution in [1.82, 2.24) is 10.2 Å². The molecule has 2 heterocycles. The molecule has 19 heavy (non-hydrogen) atoms. The number of rotatable bonds is 2. The lowest BCUT2D eigenvalue weighted by molar-refractivity contribution is 0.0854. The Morgan fingerprint density at radius 2 is 1.84 bits per heavy atom. The zero-order valence-corrected chi connectivity index (χ0v) is 11.6. The van der Waals surface area contributed by atoms with Crippen molar-refractivity contribution in [1.29, 1.82) is 0 Å². The lowest BCUT2D eigenvalue weighted by atomic mass is 10.1. The Morgan fingerprint density at radius 1 is 1.16 bits per heavy atom. The van der Waals surface area contributed by atoms with Crippen LogP contribution in [0.1, 0.15) is 12.8 Å². The van der Waals surface area contributed by atoms with Crippen LogP contribution in [0.5, 0.6) is 0 Å². The lowest BCUT2D eigenvalue weighted by Gasteiger charge is -2.32. The van der Waals surface area contributed by atoms with Gasteiger partial charge in [0.25, 0.3) is 0 Å². The van der Waals surface area contributed by atoms with Crippen LogP contribution in [0.2, 0.25) is 5.15 Å². The summed E-state index contributed by atoms with van der Waals surface area (Å²) in [6, 6.07) is 8.44. The molecule has 0 amide bonds. The minimum atomic E-state index is 0.452. The third kappa shape index (κ3) is 2.38. The van der Waals surface area contributed by atoms with E-state index in [2.05, 4.69) is 22.1 Å². The average molecular weight is 278 g/mol. The minimum absolute atomic E-state index is 0.452. The van der Waals surface area contributed by atoms with Crippen LogP contribution < -0.4 is 4.90 Å². The smallest absolute Gasteiger partial charge is 0.159 e. The summed E-state index contributed by atoms with van der Waals surface area (Å²) in [5.41, 5.74) is 0. The fourth-order valence-corrected chi connectivity index (χ4v) is 2.77. The standard InChI is InChI=1S/C14H16ClN3O/c1-18(10-6-8-19-9-7-10)14-12-5-3-2-4-11(12)13(15)16-17-14/h2-5,10H,6-9H2,1H3. The highest BCUT2D eigenvalue weighted by Gasteiger charge is 2.21. The second-order valence-corrected chi connectivity index (χ2v) is 5.17. The predicted molar refractivity (Wildman–Crippen MR) is 76.8 cm³/mol. The van der Waals surface area contributed by atoms with E-state index in [0.717, 1.165) is 42.6 Å². The topological polar surface area (TPSA) is 38.2 Å². The van der Waals surface area contributed by atoms with Gasteiger partial charge < -0.3 is 9.64 Å². The van der Waals surface area contributed by atoms with E-state index in [9.17, 15) is 0 Å². The Morgan fingerprint density at radius 3 is 2.58 bits per heavy atom. The van der Waals surface area contributed by atoms with E-state index >= 15 is 0 Å². The van der Waals surface area contributed by atoms with E-state index in [1.807, 2.05) is 24.3 Å². The summed E-state index contributed by atoms with van der Waals surface area (Å²) >= 11 is 6.11. The van der Waals surface area contributed by atoms with Crippen molar-refractivity contribution in [2.24, 2.45) is 0 Å². The molecule has 0 radical (unpaired) electrons. The number of hydrogen-bond acceptors (Lipinski definition) is 4. The number of aromatic nitrogens is 2. The van der Waals surface area contributed by atoms with Gasteiger partial charge in [-0.3, -0.25) is 0 Å². The fraction of sp³-hybridized carbons (Fsp3) is 0.429. The molecule has 1 aliphatic rings. The van der Waals surface area contributed by atoms with E-state index in [-0.39, 0.29) is 0 Å². The maximum atomic E-state index is 6.11. The maximum absolute atomic E-state index is 6.11. The molecule has 1 fully saturated rings. The van der Waals surface area contributed by atoms with Gasteiger partial charge in [0.15, 0.2) is 11.0 Å². The first-order valence-corrected chi connectivity index (χ1v) is 6.86. The molecule has 0 saturated carbocycles. The molecule has 0 spiro atoms. The minimum Gasteiger partial charge on any atom is -0.381 e. The third-order valence-corrected chi connectivity index (χ3v) is 3.97. The maximum Gasteiger partial charge on any atom is 0.159 e. The number of hydrogen-bond donors (Lipinski definition) is 0. The van der Waals surface area contributed by atoms with Crippen molar-refractivity contribution in [3.8, 4) is 0 Å². The van der Waals surface area contributed by atoms with Gasteiger partial charge >= 0.3 is 0 Å². The third-order valence-electron chi connectivity index (χ3n) is 3.70. The van der Waals surface area contributed by atoms with Crippen LogP contribution >= 0.6 is 11.6 Å². The van der Waals surface area contributed by atoms with Gasteiger partial charge in [-0.2, -0.15) is 0 Å². The highest BCUT2D eigenvalue weighted by atomic mass is 35.5. The van der Waals surface area contributed by atoms with Gasteiger partial charge in [-0.15, -0.1) is 10.2 Å². The molecular formula is C14H16ClN3O. The molecule has 1 aromatic carbocycles. The molecule has 0 atom stereocenters. The van der Waals surface area contributed by atoms with Crippen molar-refractivity contribution in [2.75, 3.05) is 25.2 Å². The summed E-state index contributed by atoms with van der Waals surface area (Å²) in [5.74, 6) is 0.895. The van der Waals surface area contributed by atoms with Crippen molar-refractivity contribution >= 4 is 28.2 Å². The highest BCUT2D eigenvalue weighted by Crippen LogP contribution is 2.29. The second kappa shape index (κ2) is 5.31. The Labute approximate surface area is 117 Å². The number of benzene rings is 1. The molecule has 0 unspecified atom stereocenters. The SMILES string of the molecule is CN(c1nnc(Cl)c2ccccc12)C1CCOCC1. The number of ether oxygens (including phenoxy) is 1. The largest absolute Gasteiger partial charge is 0.381 e. The summed E-state index contributed by atoms with van der Waals surface area (Å²) < 4.78 is 5.41. The predicted octanol–water partition coefficient (Wildman–Crippen LogP) is 2.90. The van der Waals surface area contributed by atoms with E-state index in [0.29, 0.717) is 11.2 Å². The monoisotopic (exact) mass is 277 g/mol. The molecular weight excluding hydrogens is 262 g/mol. The van der Waals surface area contributed by atoms with Gasteiger partial charge in [0.05, 0.1) is 0 Å². The number of fused-ring (bicyclic) bond motifs is 1. The molecule has 100 valence electrons. The summed E-state index contributed by atoms with van der Waals surface area (Å²) in [4.78, 5) is 2.20. The van der Waals surface area contributed by atoms with Crippen LogP contribution in [0.15, 0.2) is 24.3 Å². The van der Waals surface area contributed by atoms with Gasteiger partial charge in [0.1, 0.15) is 0 Å². The van der Waals surface area contributed by atoms with E-state index in [4.69, 9.17) is 16.3 Å². The summed E-state index contributed by atoms with van der Waals surface area (Å²) in [6.45, 7) is 1.63. The Kier molecular flexibility index (Phi) is 3.53. The normalized spacial score (nSPS) is 16.7. The van der Waals surface area contributed by atoms with Crippen LogP contribution in [0.25, 0.3) is 10.8 Å². The molecule has 1 aliphatic heterocycles. The van der Waals surface area contributed by atoms with Crippen LogP contribution in [0, 0.1) is 0 Å². The summed E-state index contributed by atoms with van der Waals surface area (Å²) in [6.07, 6.45) is 2.05. The van der Waals surface area contributed by atoms with Gasteiger partial charge in [0.2, 0.25) is 0 Å². The molecule has 0 N–H and O–H groups in total. The molecule has 2 aromatic rings. The zero-order chi connectivity index (χ0) is 13.2. The first-order valence-electron chi connectivity index (χ1n) is 6.49. The van der Waals surface area contributed by atoms with Crippen LogP contribution in [0.4, 0.5) is 5.82 Å². The average Bonchev–Trinajstić information content (AvgIpc) is 2.48. The Bertz CT molecular complexity index is 584. The molecule has 0 aliphatic carbocycles. The lowest BCUT2D eigenvalue weighted by Crippen LogP contribution is -2.37. The molecule has 3 rings (SSSR count). The van der Waals surface area contributed by atoms with Gasteiger partial charge in [-0.1, -0.05) is 35.9 Å². The quantitative estimate of drug-likeness (QED) is 0.846. The van der Waals surface area contributed by atoms with Gasteiger partial charge in [-0.25, -0.2) is 0 Å². The number of anilines is 1. The van der Waals surface area contributed by atoms with Crippen LogP contribution in [-0.4, -0.2) is 36.5 Å². The van der Waals surface area contributed by atoms with Crippen molar-refractivity contribution in [3.05, 3.63) is 29.4 Å². The highest BCUT2D eigenvalue weighted by molar-refractivity contribution is 6.34. The van der Waals surface area contributed by atoms with E-state index in [1.54, 1.807) is 0 Å². The van der Waals surface area contributed by atoms with E-state index in [1.165, 1.54) is 0 Å². The summed E-state index contributed by atoms with van der Waals surface area (Å²) in [7, 11) is 2.07. The Hall–Kier alpha value is -1.39. The van der Waals surface area contributed by atoms with Crippen molar-refractivity contribution < 1.29 is 4.74 Å². The molecule has 0 bridgehead atoms. The zero-order valence-electron chi connectivity index (χ0n) is 10.8. The van der Waals surface area contributed by atoms with Crippen LogP contribution in [0.3, 0.4) is 0 Å². The number of halogens is 1. The van der Waals surface area contributed by atoms with Crippen molar-refractivity contribution in [2.45, 2.75) is 18.9 Å². The first kappa shape index (κ1) is 12.6. The van der Waals surface area contributed by atoms with E-state index < -0.39 is 0 Å². The van der Waals surface area contributed by atoms with Crippen molar-refractivity contribution in [3.63, 3.8) is 0 Å². The molecule has 1 aromatic heterocycles. The van der Waals surface area contributed by atoms with Crippen LogP contribution in [-0.2, 0) is 4.74 Å². The Balaban J connectivity index is 2.02. The summed E-state index contributed by atoms with van der Waals surface area (Å²) in [5, 5.41) is 10.8. The molecule has 1 saturated heterocycles. The fourth-order valence-electron chi connectivity index (χ4n) is 2.56. The molecule has 5 heteroatoms.